The lowest BCUT2D eigenvalue weighted by Gasteiger charge is -2.05. The molecule has 0 aliphatic heterocycles. The standard InChI is InChI=1S/C16H16N2O2/c1-2-14-6-7-15(20-14)9-18-13-5-3-4-12(8-13)16-10-17-11-19-16/h3-8,10-11,18H,2,9H2,1H3. The molecule has 0 saturated heterocycles. The van der Waals surface area contributed by atoms with Gasteiger partial charge < -0.3 is 14.2 Å². The van der Waals surface area contributed by atoms with E-state index >= 15 is 0 Å². The van der Waals surface area contributed by atoms with Gasteiger partial charge in [0.05, 0.1) is 12.7 Å². The van der Waals surface area contributed by atoms with Crippen LogP contribution in [0.3, 0.4) is 0 Å². The Morgan fingerprint density at radius 3 is 2.80 bits per heavy atom. The molecule has 0 unspecified atom stereocenters. The van der Waals surface area contributed by atoms with Crippen molar-refractivity contribution in [1.82, 2.24) is 4.98 Å². The molecule has 0 amide bonds. The molecule has 0 aliphatic rings. The normalized spacial score (nSPS) is 10.7. The largest absolute Gasteiger partial charge is 0.464 e. The highest BCUT2D eigenvalue weighted by molar-refractivity contribution is 5.63. The second-order valence-electron chi connectivity index (χ2n) is 4.52. The predicted molar refractivity (Wildman–Crippen MR) is 77.4 cm³/mol. The Morgan fingerprint density at radius 2 is 2.05 bits per heavy atom. The summed E-state index contributed by atoms with van der Waals surface area (Å²) >= 11 is 0. The fourth-order valence-electron chi connectivity index (χ4n) is 2.04. The summed E-state index contributed by atoms with van der Waals surface area (Å²) in [5.74, 6) is 2.71. The highest BCUT2D eigenvalue weighted by Gasteiger charge is 2.04. The van der Waals surface area contributed by atoms with Crippen molar-refractivity contribution in [2.24, 2.45) is 0 Å². The zero-order chi connectivity index (χ0) is 13.8. The van der Waals surface area contributed by atoms with Crippen LogP contribution in [0.2, 0.25) is 0 Å². The van der Waals surface area contributed by atoms with E-state index in [2.05, 4.69) is 17.2 Å². The van der Waals surface area contributed by atoms with Crippen LogP contribution in [-0.2, 0) is 13.0 Å². The minimum absolute atomic E-state index is 0.667. The first kappa shape index (κ1) is 12.5. The van der Waals surface area contributed by atoms with Crippen LogP contribution < -0.4 is 5.32 Å². The van der Waals surface area contributed by atoms with Crippen LogP contribution in [0.15, 0.2) is 57.8 Å². The zero-order valence-electron chi connectivity index (χ0n) is 11.3. The molecular weight excluding hydrogens is 252 g/mol. The smallest absolute Gasteiger partial charge is 0.181 e. The Labute approximate surface area is 117 Å². The molecule has 0 aliphatic carbocycles. The van der Waals surface area contributed by atoms with Gasteiger partial charge in [0, 0.05) is 17.7 Å². The topological polar surface area (TPSA) is 51.2 Å². The molecule has 20 heavy (non-hydrogen) atoms. The molecule has 1 N–H and O–H groups in total. The number of hydrogen-bond donors (Lipinski definition) is 1. The molecule has 3 aromatic rings. The molecule has 4 nitrogen and oxygen atoms in total. The van der Waals surface area contributed by atoms with Gasteiger partial charge in [0.25, 0.3) is 0 Å². The number of aromatic nitrogens is 1. The summed E-state index contributed by atoms with van der Waals surface area (Å²) in [6.45, 7) is 2.75. The molecule has 0 spiro atoms. The summed E-state index contributed by atoms with van der Waals surface area (Å²) < 4.78 is 11.0. The number of hydrogen-bond acceptors (Lipinski definition) is 4. The first-order chi connectivity index (χ1) is 9.85. The van der Waals surface area contributed by atoms with E-state index in [0.29, 0.717) is 6.54 Å². The van der Waals surface area contributed by atoms with Crippen molar-refractivity contribution in [1.29, 1.82) is 0 Å². The van der Waals surface area contributed by atoms with Crippen molar-refractivity contribution < 1.29 is 8.83 Å². The van der Waals surface area contributed by atoms with Crippen LogP contribution in [0.1, 0.15) is 18.4 Å². The third kappa shape index (κ3) is 2.74. The third-order valence-electron chi connectivity index (χ3n) is 3.11. The van der Waals surface area contributed by atoms with Crippen molar-refractivity contribution in [2.75, 3.05) is 5.32 Å². The van der Waals surface area contributed by atoms with E-state index in [0.717, 1.165) is 35.0 Å². The molecular formula is C16H16N2O2. The number of rotatable bonds is 5. The summed E-state index contributed by atoms with van der Waals surface area (Å²) in [4.78, 5) is 3.93. The summed E-state index contributed by atoms with van der Waals surface area (Å²) in [6.07, 6.45) is 4.06. The van der Waals surface area contributed by atoms with Gasteiger partial charge in [-0.2, -0.15) is 0 Å². The van der Waals surface area contributed by atoms with E-state index in [-0.39, 0.29) is 0 Å². The Kier molecular flexibility index (Phi) is 3.54. The number of furan rings is 1. The molecule has 2 heterocycles. The number of anilines is 1. The lowest BCUT2D eigenvalue weighted by molar-refractivity contribution is 0.476. The maximum Gasteiger partial charge on any atom is 0.181 e. The van der Waals surface area contributed by atoms with Crippen LogP contribution in [-0.4, -0.2) is 4.98 Å². The number of oxazole rings is 1. The van der Waals surface area contributed by atoms with Crippen LogP contribution in [0.25, 0.3) is 11.3 Å². The van der Waals surface area contributed by atoms with E-state index in [1.54, 1.807) is 6.20 Å². The van der Waals surface area contributed by atoms with E-state index in [1.165, 1.54) is 6.39 Å². The van der Waals surface area contributed by atoms with E-state index in [4.69, 9.17) is 8.83 Å². The van der Waals surface area contributed by atoms with Crippen LogP contribution in [0.5, 0.6) is 0 Å². The van der Waals surface area contributed by atoms with Crippen molar-refractivity contribution >= 4 is 5.69 Å². The number of benzene rings is 1. The summed E-state index contributed by atoms with van der Waals surface area (Å²) in [5, 5.41) is 3.34. The van der Waals surface area contributed by atoms with Gasteiger partial charge in [0.15, 0.2) is 12.2 Å². The minimum atomic E-state index is 0.667. The Morgan fingerprint density at radius 1 is 1.15 bits per heavy atom. The third-order valence-corrected chi connectivity index (χ3v) is 3.11. The minimum Gasteiger partial charge on any atom is -0.464 e. The Balaban J connectivity index is 1.70. The molecule has 4 heteroatoms. The van der Waals surface area contributed by atoms with E-state index in [1.807, 2.05) is 36.4 Å². The second kappa shape index (κ2) is 5.65. The van der Waals surface area contributed by atoms with Gasteiger partial charge in [-0.25, -0.2) is 4.98 Å². The highest BCUT2D eigenvalue weighted by Crippen LogP contribution is 2.22. The lowest BCUT2D eigenvalue weighted by Crippen LogP contribution is -1.97. The van der Waals surface area contributed by atoms with Crippen LogP contribution >= 0.6 is 0 Å². The number of aryl methyl sites for hydroxylation is 1. The molecule has 0 radical (unpaired) electrons. The molecule has 0 atom stereocenters. The SMILES string of the molecule is CCc1ccc(CNc2cccc(-c3cnco3)c2)o1. The van der Waals surface area contributed by atoms with Crippen molar-refractivity contribution in [3.63, 3.8) is 0 Å². The van der Waals surface area contributed by atoms with Gasteiger partial charge in [-0.15, -0.1) is 0 Å². The van der Waals surface area contributed by atoms with Gasteiger partial charge in [-0.1, -0.05) is 19.1 Å². The van der Waals surface area contributed by atoms with Gasteiger partial charge >= 0.3 is 0 Å². The predicted octanol–water partition coefficient (Wildman–Crippen LogP) is 4.11. The Hall–Kier alpha value is -2.49. The summed E-state index contributed by atoms with van der Waals surface area (Å²) in [7, 11) is 0. The average molecular weight is 268 g/mol. The fraction of sp³-hybridized carbons (Fsp3) is 0.188. The van der Waals surface area contributed by atoms with E-state index in [9.17, 15) is 0 Å². The fourth-order valence-corrected chi connectivity index (χ4v) is 2.04. The van der Waals surface area contributed by atoms with Crippen molar-refractivity contribution in [3.05, 3.63) is 60.5 Å². The van der Waals surface area contributed by atoms with Gasteiger partial charge in [-0.3, -0.25) is 0 Å². The zero-order valence-corrected chi connectivity index (χ0v) is 11.3. The van der Waals surface area contributed by atoms with Crippen molar-refractivity contribution in [3.8, 4) is 11.3 Å². The summed E-state index contributed by atoms with van der Waals surface area (Å²) in [5.41, 5.74) is 2.02. The quantitative estimate of drug-likeness (QED) is 0.756. The summed E-state index contributed by atoms with van der Waals surface area (Å²) in [6, 6.07) is 12.1. The first-order valence-corrected chi connectivity index (χ1v) is 6.65. The molecule has 2 aromatic heterocycles. The molecule has 102 valence electrons. The lowest BCUT2D eigenvalue weighted by atomic mass is 10.1. The number of nitrogens with one attached hydrogen (secondary N) is 1. The number of nitrogens with zero attached hydrogens (tertiary/aromatic N) is 1. The average Bonchev–Trinajstić information content (AvgIpc) is 3.17. The Bertz CT molecular complexity index is 671. The maximum atomic E-state index is 5.67. The van der Waals surface area contributed by atoms with Gasteiger partial charge in [0.1, 0.15) is 11.5 Å². The molecule has 0 saturated carbocycles. The van der Waals surface area contributed by atoms with Crippen molar-refractivity contribution in [2.45, 2.75) is 19.9 Å². The molecule has 1 aromatic carbocycles. The molecule has 0 fully saturated rings. The van der Waals surface area contributed by atoms with Crippen LogP contribution in [0.4, 0.5) is 5.69 Å². The molecule has 3 rings (SSSR count). The second-order valence-corrected chi connectivity index (χ2v) is 4.52. The maximum absolute atomic E-state index is 5.67. The van der Waals surface area contributed by atoms with Gasteiger partial charge in [-0.05, 0) is 24.3 Å². The van der Waals surface area contributed by atoms with E-state index < -0.39 is 0 Å². The van der Waals surface area contributed by atoms with Gasteiger partial charge in [0.2, 0.25) is 0 Å². The highest BCUT2D eigenvalue weighted by atomic mass is 16.3. The van der Waals surface area contributed by atoms with Crippen LogP contribution in [0, 0.1) is 0 Å². The first-order valence-electron chi connectivity index (χ1n) is 6.65. The monoisotopic (exact) mass is 268 g/mol. The molecule has 0 bridgehead atoms.